The maximum atomic E-state index is 6.09. The number of piperidine rings is 1. The fraction of sp³-hybridized carbons (Fsp3) is 0.276. The van der Waals surface area contributed by atoms with E-state index < -0.39 is 0 Å². The summed E-state index contributed by atoms with van der Waals surface area (Å²) in [5, 5.41) is 0. The van der Waals surface area contributed by atoms with E-state index in [2.05, 4.69) is 69.2 Å². The second-order valence-electron chi connectivity index (χ2n) is 9.66. The van der Waals surface area contributed by atoms with E-state index in [0.29, 0.717) is 5.82 Å². The quantitative estimate of drug-likeness (QED) is 0.299. The van der Waals surface area contributed by atoms with Crippen LogP contribution in [0.2, 0.25) is 0 Å². The molecule has 0 aliphatic carbocycles. The topological polar surface area (TPSA) is 93.7 Å². The van der Waals surface area contributed by atoms with Gasteiger partial charge >= 0.3 is 0 Å². The Morgan fingerprint density at radius 3 is 2.49 bits per heavy atom. The molecule has 1 fully saturated rings. The van der Waals surface area contributed by atoms with Crippen molar-refractivity contribution in [2.45, 2.75) is 38.0 Å². The molecule has 0 spiro atoms. The molecule has 8 heteroatoms. The van der Waals surface area contributed by atoms with Gasteiger partial charge in [0.15, 0.2) is 0 Å². The summed E-state index contributed by atoms with van der Waals surface area (Å²) in [4.78, 5) is 24.9. The van der Waals surface area contributed by atoms with Crippen molar-refractivity contribution >= 4 is 33.3 Å². The Morgan fingerprint density at radius 2 is 1.68 bits per heavy atom. The molecule has 37 heavy (non-hydrogen) atoms. The number of benzene rings is 2. The van der Waals surface area contributed by atoms with Gasteiger partial charge < -0.3 is 10.6 Å². The normalized spacial score (nSPS) is 15.5. The molecule has 0 saturated carbocycles. The molecule has 2 atom stereocenters. The van der Waals surface area contributed by atoms with Gasteiger partial charge in [0.2, 0.25) is 5.95 Å². The van der Waals surface area contributed by atoms with Crippen molar-refractivity contribution in [2.24, 2.45) is 0 Å². The maximum Gasteiger partial charge on any atom is 0.225 e. The molecule has 5 aromatic rings. The second kappa shape index (κ2) is 10.2. The van der Waals surface area contributed by atoms with Gasteiger partial charge in [-0.3, -0.25) is 0 Å². The minimum absolute atomic E-state index is 0.0100. The first-order valence-corrected chi connectivity index (χ1v) is 13.6. The number of nitrogens with two attached hydrogens (primary N) is 1. The van der Waals surface area contributed by atoms with E-state index >= 15 is 0 Å². The lowest BCUT2D eigenvalue weighted by atomic mass is 9.79. The van der Waals surface area contributed by atoms with Gasteiger partial charge in [0, 0.05) is 43.0 Å². The largest absolute Gasteiger partial charge is 0.384 e. The third kappa shape index (κ3) is 4.89. The van der Waals surface area contributed by atoms with Crippen molar-refractivity contribution in [3.05, 3.63) is 89.6 Å². The number of hydrogen-bond acceptors (Lipinski definition) is 8. The van der Waals surface area contributed by atoms with Crippen LogP contribution < -0.4 is 10.6 Å². The number of hydrogen-bond donors (Lipinski definition) is 1. The average molecular weight is 508 g/mol. The molecule has 6 rings (SSSR count). The van der Waals surface area contributed by atoms with Gasteiger partial charge in [-0.2, -0.15) is 0 Å². The van der Waals surface area contributed by atoms with Crippen LogP contribution in [0.4, 0.5) is 11.8 Å². The highest BCUT2D eigenvalue weighted by Gasteiger charge is 2.25. The lowest BCUT2D eigenvalue weighted by Crippen LogP contribution is -2.30. The Bertz CT molecular complexity index is 1510. The number of rotatable bonds is 6. The fourth-order valence-corrected chi connectivity index (χ4v) is 5.99. The van der Waals surface area contributed by atoms with Gasteiger partial charge in [-0.15, -0.1) is 11.3 Å². The van der Waals surface area contributed by atoms with Crippen LogP contribution in [-0.2, 0) is 0 Å². The number of nitrogen functional groups attached to an aromatic ring is 1. The van der Waals surface area contributed by atoms with Crippen LogP contribution in [0.25, 0.3) is 21.3 Å². The fourth-order valence-electron chi connectivity index (χ4n) is 5.26. The summed E-state index contributed by atoms with van der Waals surface area (Å²) < 4.78 is 1.19. The predicted octanol–water partition coefficient (Wildman–Crippen LogP) is 6.05. The third-order valence-electron chi connectivity index (χ3n) is 7.27. The number of thiazole rings is 1. The molecule has 0 bridgehead atoms. The molecule has 0 radical (unpaired) electrons. The first kappa shape index (κ1) is 23.5. The summed E-state index contributed by atoms with van der Waals surface area (Å²) in [7, 11) is 0. The van der Waals surface area contributed by atoms with E-state index in [9.17, 15) is 0 Å². The van der Waals surface area contributed by atoms with Crippen molar-refractivity contribution in [2.75, 3.05) is 23.7 Å². The van der Waals surface area contributed by atoms with Gasteiger partial charge in [0.25, 0.3) is 0 Å². The highest BCUT2D eigenvalue weighted by Crippen LogP contribution is 2.40. The molecule has 2 aromatic carbocycles. The van der Waals surface area contributed by atoms with Crippen LogP contribution in [0.3, 0.4) is 0 Å². The first-order valence-electron chi connectivity index (χ1n) is 12.7. The smallest absolute Gasteiger partial charge is 0.225 e. The highest BCUT2D eigenvalue weighted by atomic mass is 32.1. The molecule has 3 aromatic heterocycles. The number of nitrogens with zero attached hydrogens (tertiary/aromatic N) is 6. The summed E-state index contributed by atoms with van der Waals surface area (Å²) in [6, 6.07) is 17.0. The molecule has 1 unspecified atom stereocenters. The van der Waals surface area contributed by atoms with Crippen LogP contribution in [-0.4, -0.2) is 38.0 Å². The van der Waals surface area contributed by atoms with Gasteiger partial charge in [0.05, 0.1) is 21.4 Å². The molecule has 2 N–H and O–H groups in total. The van der Waals surface area contributed by atoms with Gasteiger partial charge in [-0.05, 0) is 54.0 Å². The third-order valence-corrected chi connectivity index (χ3v) is 8.06. The Morgan fingerprint density at radius 1 is 0.838 bits per heavy atom. The van der Waals surface area contributed by atoms with Gasteiger partial charge in [-0.25, -0.2) is 24.9 Å². The number of aromatic nitrogens is 5. The zero-order valence-corrected chi connectivity index (χ0v) is 21.6. The predicted molar refractivity (Wildman–Crippen MR) is 150 cm³/mol. The minimum atomic E-state index is -0.0100. The highest BCUT2D eigenvalue weighted by molar-refractivity contribution is 7.16. The summed E-state index contributed by atoms with van der Waals surface area (Å²) in [5.41, 5.74) is 14.4. The Hall–Kier alpha value is -3.91. The summed E-state index contributed by atoms with van der Waals surface area (Å²) in [5.74, 6) is 1.43. The lowest BCUT2D eigenvalue weighted by molar-refractivity contribution is 0.568. The van der Waals surface area contributed by atoms with Crippen LogP contribution in [0.15, 0.2) is 72.8 Å². The van der Waals surface area contributed by atoms with Crippen molar-refractivity contribution in [3.63, 3.8) is 0 Å². The van der Waals surface area contributed by atoms with Crippen molar-refractivity contribution in [1.82, 2.24) is 24.9 Å². The molecular formula is C29H29N7S. The monoisotopic (exact) mass is 507 g/mol. The molecule has 1 aliphatic heterocycles. The molecule has 186 valence electrons. The van der Waals surface area contributed by atoms with E-state index in [1.807, 2.05) is 24.0 Å². The van der Waals surface area contributed by atoms with Crippen molar-refractivity contribution in [1.29, 1.82) is 0 Å². The van der Waals surface area contributed by atoms with Crippen molar-refractivity contribution in [3.8, 4) is 11.1 Å². The van der Waals surface area contributed by atoms with Crippen LogP contribution in [0.1, 0.15) is 54.8 Å². The maximum absolute atomic E-state index is 6.09. The van der Waals surface area contributed by atoms with E-state index in [0.717, 1.165) is 46.9 Å². The molecule has 0 amide bonds. The average Bonchev–Trinajstić information content (AvgIpc) is 3.42. The van der Waals surface area contributed by atoms with Crippen molar-refractivity contribution < 1.29 is 0 Å². The summed E-state index contributed by atoms with van der Waals surface area (Å²) >= 11 is 1.66. The molecule has 4 heterocycles. The minimum Gasteiger partial charge on any atom is -0.384 e. The summed E-state index contributed by atoms with van der Waals surface area (Å²) in [6.45, 7) is 4.31. The Balaban J connectivity index is 1.36. The second-order valence-corrected chi connectivity index (χ2v) is 10.5. The zero-order chi connectivity index (χ0) is 25.2. The molecule has 7 nitrogen and oxygen atoms in total. The molecule has 1 aliphatic rings. The van der Waals surface area contributed by atoms with Gasteiger partial charge in [-0.1, -0.05) is 37.3 Å². The van der Waals surface area contributed by atoms with Crippen LogP contribution in [0, 0.1) is 0 Å². The van der Waals surface area contributed by atoms with Gasteiger partial charge in [0.1, 0.15) is 12.1 Å². The Labute approximate surface area is 220 Å². The lowest BCUT2D eigenvalue weighted by Gasteiger charge is -2.26. The number of anilines is 2. The van der Waals surface area contributed by atoms with Crippen LogP contribution >= 0.6 is 11.3 Å². The number of fused-ring (bicyclic) bond motifs is 1. The molecule has 1 saturated heterocycles. The Kier molecular flexibility index (Phi) is 6.49. The SMILES string of the molecule is CC(c1ccc2ncsc2c1)[C@@H](c1cccc(-c2cnc(N3CCCCC3)nc2)c1)c1cc(N)ncn1. The van der Waals surface area contributed by atoms with E-state index in [1.165, 1.54) is 29.5 Å². The standard InChI is InChI=1S/C29H29N7S/c1-19(20-8-9-24-26(13-20)37-18-35-24)28(25-14-27(30)34-17-33-25)22-7-5-6-21(12-22)23-15-31-29(32-16-23)36-10-3-2-4-11-36/h5-9,12-19,28H,2-4,10-11H2,1H3,(H2,30,33,34)/t19?,28-/m0/s1. The zero-order valence-electron chi connectivity index (χ0n) is 20.8. The van der Waals surface area contributed by atoms with E-state index in [4.69, 9.17) is 15.7 Å². The van der Waals surface area contributed by atoms with E-state index in [1.54, 1.807) is 17.7 Å². The molecular weight excluding hydrogens is 478 g/mol. The summed E-state index contributed by atoms with van der Waals surface area (Å²) in [6.07, 6.45) is 9.13. The first-order chi connectivity index (χ1) is 18.2. The van der Waals surface area contributed by atoms with Crippen LogP contribution in [0.5, 0.6) is 0 Å². The van der Waals surface area contributed by atoms with E-state index in [-0.39, 0.29) is 11.8 Å².